The average molecular weight is 217 g/mol. The molecule has 16 heavy (non-hydrogen) atoms. The summed E-state index contributed by atoms with van der Waals surface area (Å²) in [6, 6.07) is 6.62. The molecule has 0 aliphatic heterocycles. The zero-order valence-corrected chi connectivity index (χ0v) is 10.1. The number of nitrogens with zero attached hydrogens (tertiary/aromatic N) is 2. The first-order valence-electron chi connectivity index (χ1n) is 5.85. The van der Waals surface area contributed by atoms with E-state index in [2.05, 4.69) is 41.5 Å². The Kier molecular flexibility index (Phi) is 3.13. The number of aromatic nitrogens is 2. The molecule has 0 aromatic carbocycles. The van der Waals surface area contributed by atoms with E-state index < -0.39 is 0 Å². The second-order valence-corrected chi connectivity index (χ2v) is 4.74. The summed E-state index contributed by atoms with van der Waals surface area (Å²) in [7, 11) is 0. The summed E-state index contributed by atoms with van der Waals surface area (Å²) in [6.45, 7) is 6.71. The van der Waals surface area contributed by atoms with E-state index in [4.69, 9.17) is 0 Å². The van der Waals surface area contributed by atoms with Crippen molar-refractivity contribution in [3.63, 3.8) is 0 Å². The van der Waals surface area contributed by atoms with Crippen LogP contribution in [0.5, 0.6) is 0 Å². The van der Waals surface area contributed by atoms with Crippen LogP contribution in [-0.2, 0) is 0 Å². The van der Waals surface area contributed by atoms with Gasteiger partial charge in [-0.15, -0.1) is 0 Å². The van der Waals surface area contributed by atoms with Crippen molar-refractivity contribution in [2.75, 3.05) is 5.32 Å². The van der Waals surface area contributed by atoms with E-state index >= 15 is 0 Å². The summed E-state index contributed by atoms with van der Waals surface area (Å²) in [5.41, 5.74) is 0.988. The molecule has 86 valence electrons. The van der Waals surface area contributed by atoms with Gasteiger partial charge in [0.1, 0.15) is 11.5 Å². The molecule has 2 heterocycles. The Morgan fingerprint density at radius 1 is 1.31 bits per heavy atom. The number of pyridine rings is 1. The van der Waals surface area contributed by atoms with Gasteiger partial charge in [0, 0.05) is 18.4 Å². The van der Waals surface area contributed by atoms with Gasteiger partial charge in [0.15, 0.2) is 0 Å². The predicted molar refractivity (Wildman–Crippen MR) is 67.7 cm³/mol. The molecule has 1 atom stereocenters. The van der Waals surface area contributed by atoms with Gasteiger partial charge in [0.05, 0.1) is 0 Å². The molecule has 2 aromatic rings. The van der Waals surface area contributed by atoms with Gasteiger partial charge >= 0.3 is 0 Å². The van der Waals surface area contributed by atoms with Crippen molar-refractivity contribution < 1.29 is 0 Å². The number of fused-ring (bicyclic) bond motifs is 1. The summed E-state index contributed by atoms with van der Waals surface area (Å²) >= 11 is 0. The molecule has 0 bridgehead atoms. The van der Waals surface area contributed by atoms with Gasteiger partial charge in [-0.3, -0.25) is 4.40 Å². The lowest BCUT2D eigenvalue weighted by Crippen LogP contribution is -2.18. The second kappa shape index (κ2) is 4.56. The first kappa shape index (κ1) is 11.0. The van der Waals surface area contributed by atoms with Crippen molar-refractivity contribution in [1.82, 2.24) is 9.38 Å². The molecular formula is C13H19N3. The molecule has 0 fully saturated rings. The minimum absolute atomic E-state index is 0.480. The van der Waals surface area contributed by atoms with Crippen LogP contribution < -0.4 is 5.32 Å². The highest BCUT2D eigenvalue weighted by atomic mass is 15.1. The molecule has 0 aliphatic rings. The van der Waals surface area contributed by atoms with Gasteiger partial charge in [-0.05, 0) is 31.4 Å². The molecule has 0 aliphatic carbocycles. The summed E-state index contributed by atoms with van der Waals surface area (Å²) in [5, 5.41) is 3.53. The molecule has 0 saturated carbocycles. The van der Waals surface area contributed by atoms with Crippen molar-refractivity contribution in [2.45, 2.75) is 33.2 Å². The molecule has 3 heteroatoms. The van der Waals surface area contributed by atoms with E-state index in [0.717, 1.165) is 11.5 Å². The topological polar surface area (TPSA) is 29.3 Å². The molecule has 0 spiro atoms. The predicted octanol–water partition coefficient (Wildman–Crippen LogP) is 3.18. The van der Waals surface area contributed by atoms with E-state index in [-0.39, 0.29) is 0 Å². The van der Waals surface area contributed by atoms with Crippen LogP contribution in [-0.4, -0.2) is 15.4 Å². The van der Waals surface area contributed by atoms with Crippen molar-refractivity contribution in [3.8, 4) is 0 Å². The SMILES string of the molecule is CC(C)CC(C)Nc1cccc2nccn12. The number of hydrogen-bond donors (Lipinski definition) is 1. The van der Waals surface area contributed by atoms with E-state index in [1.165, 1.54) is 6.42 Å². The fourth-order valence-corrected chi connectivity index (χ4v) is 2.08. The van der Waals surface area contributed by atoms with Gasteiger partial charge in [0.25, 0.3) is 0 Å². The zero-order chi connectivity index (χ0) is 11.5. The van der Waals surface area contributed by atoms with Crippen LogP contribution in [0.4, 0.5) is 5.82 Å². The Morgan fingerprint density at radius 3 is 2.88 bits per heavy atom. The molecule has 0 saturated heterocycles. The van der Waals surface area contributed by atoms with Crippen LogP contribution in [0.15, 0.2) is 30.6 Å². The third kappa shape index (κ3) is 2.35. The lowest BCUT2D eigenvalue weighted by Gasteiger charge is -2.18. The van der Waals surface area contributed by atoms with Gasteiger partial charge < -0.3 is 5.32 Å². The third-order valence-corrected chi connectivity index (χ3v) is 2.65. The maximum Gasteiger partial charge on any atom is 0.138 e. The molecule has 0 amide bonds. The highest BCUT2D eigenvalue weighted by Gasteiger charge is 2.06. The number of imidazole rings is 1. The van der Waals surface area contributed by atoms with Crippen LogP contribution in [0.2, 0.25) is 0 Å². The summed E-state index contributed by atoms with van der Waals surface area (Å²) in [4.78, 5) is 4.27. The minimum atomic E-state index is 0.480. The maximum atomic E-state index is 4.27. The summed E-state index contributed by atoms with van der Waals surface area (Å²) in [5.74, 6) is 1.83. The number of anilines is 1. The summed E-state index contributed by atoms with van der Waals surface area (Å²) < 4.78 is 2.08. The average Bonchev–Trinajstić information content (AvgIpc) is 2.65. The molecule has 3 nitrogen and oxygen atoms in total. The summed E-state index contributed by atoms with van der Waals surface area (Å²) in [6.07, 6.45) is 4.98. The van der Waals surface area contributed by atoms with Crippen LogP contribution in [0, 0.1) is 5.92 Å². The van der Waals surface area contributed by atoms with Gasteiger partial charge in [-0.25, -0.2) is 4.98 Å². The number of rotatable bonds is 4. The minimum Gasteiger partial charge on any atom is -0.369 e. The van der Waals surface area contributed by atoms with Crippen molar-refractivity contribution >= 4 is 11.5 Å². The van der Waals surface area contributed by atoms with Crippen molar-refractivity contribution in [2.24, 2.45) is 5.92 Å². The fraction of sp³-hybridized carbons (Fsp3) is 0.462. The molecule has 0 radical (unpaired) electrons. The Bertz CT molecular complexity index is 459. The van der Waals surface area contributed by atoms with Crippen molar-refractivity contribution in [1.29, 1.82) is 0 Å². The zero-order valence-electron chi connectivity index (χ0n) is 10.1. The molecule has 2 aromatic heterocycles. The monoisotopic (exact) mass is 217 g/mol. The van der Waals surface area contributed by atoms with Crippen LogP contribution in [0.3, 0.4) is 0 Å². The van der Waals surface area contributed by atoms with Crippen LogP contribution in [0.1, 0.15) is 27.2 Å². The first-order valence-corrected chi connectivity index (χ1v) is 5.85. The van der Waals surface area contributed by atoms with E-state index in [9.17, 15) is 0 Å². The molecule has 1 unspecified atom stereocenters. The third-order valence-electron chi connectivity index (χ3n) is 2.65. The van der Waals surface area contributed by atoms with Crippen molar-refractivity contribution in [3.05, 3.63) is 30.6 Å². The van der Waals surface area contributed by atoms with Gasteiger partial charge in [-0.1, -0.05) is 19.9 Å². The number of hydrogen-bond acceptors (Lipinski definition) is 2. The Labute approximate surface area is 96.5 Å². The van der Waals surface area contributed by atoms with E-state index in [0.29, 0.717) is 12.0 Å². The fourth-order valence-electron chi connectivity index (χ4n) is 2.08. The molecule has 2 rings (SSSR count). The Hall–Kier alpha value is -1.51. The first-order chi connectivity index (χ1) is 7.66. The quantitative estimate of drug-likeness (QED) is 0.852. The second-order valence-electron chi connectivity index (χ2n) is 4.74. The van der Waals surface area contributed by atoms with E-state index in [1.54, 1.807) is 0 Å². The van der Waals surface area contributed by atoms with E-state index in [1.807, 2.05) is 24.5 Å². The highest BCUT2D eigenvalue weighted by molar-refractivity contribution is 5.50. The van der Waals surface area contributed by atoms with Crippen LogP contribution in [0.25, 0.3) is 5.65 Å². The highest BCUT2D eigenvalue weighted by Crippen LogP contribution is 2.14. The lowest BCUT2D eigenvalue weighted by molar-refractivity contribution is 0.538. The molecule has 1 N–H and O–H groups in total. The Morgan fingerprint density at radius 2 is 2.12 bits per heavy atom. The largest absolute Gasteiger partial charge is 0.369 e. The normalized spacial score (nSPS) is 13.2. The smallest absolute Gasteiger partial charge is 0.138 e. The number of nitrogens with one attached hydrogen (secondary N) is 1. The lowest BCUT2D eigenvalue weighted by atomic mass is 10.1. The standard InChI is InChI=1S/C13H19N3/c1-10(2)9-11(3)15-13-6-4-5-12-14-7-8-16(12)13/h4-8,10-11,15H,9H2,1-3H3. The Balaban J connectivity index is 2.17. The molecular weight excluding hydrogens is 198 g/mol. The maximum absolute atomic E-state index is 4.27. The van der Waals surface area contributed by atoms with Gasteiger partial charge in [0.2, 0.25) is 0 Å². The van der Waals surface area contributed by atoms with Crippen LogP contribution >= 0.6 is 0 Å². The van der Waals surface area contributed by atoms with Gasteiger partial charge in [-0.2, -0.15) is 0 Å².